The summed E-state index contributed by atoms with van der Waals surface area (Å²) in [6.07, 6.45) is 11.1. The Labute approximate surface area is 142 Å². The maximum atomic E-state index is 12.6. The summed E-state index contributed by atoms with van der Waals surface area (Å²) in [5, 5.41) is 13.2. The highest BCUT2D eigenvalue weighted by Gasteiger charge is 2.19. The first kappa shape index (κ1) is 15.9. The third-order valence-electron chi connectivity index (χ3n) is 3.29. The lowest BCUT2D eigenvalue weighted by atomic mass is 10.3. The lowest BCUT2D eigenvalue weighted by Crippen LogP contribution is -2.19. The second-order valence-electron chi connectivity index (χ2n) is 4.81. The van der Waals surface area contributed by atoms with Crippen molar-refractivity contribution in [2.45, 2.75) is 6.92 Å². The molecule has 0 aliphatic heterocycles. The second kappa shape index (κ2) is 6.67. The molecule has 0 saturated heterocycles. The molecule has 1 amide bonds. The summed E-state index contributed by atoms with van der Waals surface area (Å²) >= 11 is 0. The Morgan fingerprint density at radius 1 is 1.44 bits per heavy atom. The number of rotatable bonds is 4. The van der Waals surface area contributed by atoms with Gasteiger partial charge in [-0.25, -0.2) is 4.99 Å². The van der Waals surface area contributed by atoms with E-state index < -0.39 is 5.91 Å². The number of carbonyl (C=O) groups is 1. The van der Waals surface area contributed by atoms with Crippen LogP contribution in [0, 0.1) is 12.5 Å². The highest BCUT2D eigenvalue weighted by Crippen LogP contribution is 2.21. The summed E-state index contributed by atoms with van der Waals surface area (Å²) in [5.74, 6) is 0.0991. The molecule has 0 aliphatic rings. The van der Waals surface area contributed by atoms with E-state index in [1.165, 1.54) is 29.2 Å². The van der Waals surface area contributed by atoms with Gasteiger partial charge in [0.15, 0.2) is 11.6 Å². The largest absolute Gasteiger partial charge is 0.317 e. The number of aromatic nitrogens is 5. The van der Waals surface area contributed by atoms with Gasteiger partial charge in [0, 0.05) is 24.5 Å². The molecular weight excluding hydrogens is 322 g/mol. The van der Waals surface area contributed by atoms with Gasteiger partial charge in [-0.2, -0.15) is 14.9 Å². The van der Waals surface area contributed by atoms with Gasteiger partial charge in [0.1, 0.15) is 11.3 Å². The molecule has 0 radical (unpaired) electrons. The molecule has 3 heterocycles. The smallest absolute Gasteiger partial charge is 0.261 e. The molecule has 0 bridgehead atoms. The molecule has 124 valence electrons. The molecule has 0 fully saturated rings. The summed E-state index contributed by atoms with van der Waals surface area (Å²) in [6.45, 7) is 1.70. The number of aromatic amines is 1. The Morgan fingerprint density at radius 2 is 2.28 bits per heavy atom. The van der Waals surface area contributed by atoms with E-state index in [1.54, 1.807) is 25.3 Å². The van der Waals surface area contributed by atoms with Crippen LogP contribution in [-0.2, 0) is 0 Å². The first-order chi connectivity index (χ1) is 12.2. The van der Waals surface area contributed by atoms with Gasteiger partial charge < -0.3 is 5.32 Å². The number of anilines is 1. The van der Waals surface area contributed by atoms with Crippen LogP contribution in [-0.4, -0.2) is 36.7 Å². The monoisotopic (exact) mass is 335 g/mol. The van der Waals surface area contributed by atoms with Gasteiger partial charge in [0.2, 0.25) is 0 Å². The van der Waals surface area contributed by atoms with Crippen LogP contribution in [0.3, 0.4) is 0 Å². The lowest BCUT2D eigenvalue weighted by molar-refractivity contribution is 0.102. The van der Waals surface area contributed by atoms with Gasteiger partial charge >= 0.3 is 0 Å². The van der Waals surface area contributed by atoms with E-state index in [4.69, 9.17) is 6.42 Å². The third-order valence-corrected chi connectivity index (χ3v) is 3.29. The molecule has 0 aromatic carbocycles. The molecule has 2 N–H and O–H groups in total. The van der Waals surface area contributed by atoms with Crippen molar-refractivity contribution in [2.24, 2.45) is 4.99 Å². The number of hydrogen-bond donors (Lipinski definition) is 2. The Morgan fingerprint density at radius 3 is 3.00 bits per heavy atom. The molecule has 0 saturated carbocycles. The Balaban J connectivity index is 1.96. The van der Waals surface area contributed by atoms with Crippen molar-refractivity contribution in [3.63, 3.8) is 0 Å². The summed E-state index contributed by atoms with van der Waals surface area (Å²) in [4.78, 5) is 28.6. The summed E-state index contributed by atoms with van der Waals surface area (Å²) < 4.78 is 2.49. The number of amides is 1. The maximum Gasteiger partial charge on any atom is 0.261 e. The van der Waals surface area contributed by atoms with Crippen molar-refractivity contribution in [3.8, 4) is 18.3 Å². The number of carbonyl (C=O) groups excluding carboxylic acids is 1. The van der Waals surface area contributed by atoms with Crippen LogP contribution >= 0.6 is 0 Å². The summed E-state index contributed by atoms with van der Waals surface area (Å²) in [7, 11) is 0. The van der Waals surface area contributed by atoms with E-state index in [9.17, 15) is 9.59 Å². The van der Waals surface area contributed by atoms with Crippen molar-refractivity contribution in [1.82, 2.24) is 24.5 Å². The van der Waals surface area contributed by atoms with E-state index in [2.05, 4.69) is 31.6 Å². The van der Waals surface area contributed by atoms with Gasteiger partial charge in [0.05, 0.1) is 12.4 Å². The predicted octanol–water partition coefficient (Wildman–Crippen LogP) is 1.17. The van der Waals surface area contributed by atoms with Crippen molar-refractivity contribution >= 4 is 23.6 Å². The van der Waals surface area contributed by atoms with Gasteiger partial charge in [0.25, 0.3) is 11.5 Å². The van der Waals surface area contributed by atoms with Crippen molar-refractivity contribution in [2.75, 3.05) is 5.32 Å². The number of nitrogens with one attached hydrogen (secondary N) is 2. The molecule has 25 heavy (non-hydrogen) atoms. The van der Waals surface area contributed by atoms with Crippen molar-refractivity contribution < 1.29 is 4.79 Å². The first-order valence-electron chi connectivity index (χ1n) is 7.21. The Bertz CT molecular complexity index is 1050. The molecule has 3 aromatic rings. The van der Waals surface area contributed by atoms with Crippen molar-refractivity contribution in [3.05, 3.63) is 52.7 Å². The highest BCUT2D eigenvalue weighted by molar-refractivity contribution is 6.08. The Kier molecular flexibility index (Phi) is 4.26. The lowest BCUT2D eigenvalue weighted by Gasteiger charge is -2.07. The molecule has 0 atom stereocenters. The van der Waals surface area contributed by atoms with E-state index in [-0.39, 0.29) is 16.9 Å². The third kappa shape index (κ3) is 2.96. The van der Waals surface area contributed by atoms with E-state index in [0.29, 0.717) is 11.5 Å². The normalized spacial score (nSPS) is 10.7. The number of hydrogen-bond acceptors (Lipinski definition) is 5. The molecular formula is C16H13N7O2. The number of nitrogens with zero attached hydrogens (tertiary/aromatic N) is 5. The zero-order valence-corrected chi connectivity index (χ0v) is 13.2. The van der Waals surface area contributed by atoms with E-state index in [0.717, 1.165) is 4.68 Å². The van der Waals surface area contributed by atoms with Gasteiger partial charge in [-0.3, -0.25) is 19.3 Å². The predicted molar refractivity (Wildman–Crippen MR) is 92.4 cm³/mol. The highest BCUT2D eigenvalue weighted by atomic mass is 16.2. The van der Waals surface area contributed by atoms with Crippen LogP contribution in [0.4, 0.5) is 11.5 Å². The van der Waals surface area contributed by atoms with E-state index >= 15 is 0 Å². The van der Waals surface area contributed by atoms with Crippen LogP contribution in [0.2, 0.25) is 0 Å². The minimum atomic E-state index is -0.478. The average Bonchev–Trinajstić information content (AvgIpc) is 3.22. The zero-order chi connectivity index (χ0) is 17.8. The average molecular weight is 335 g/mol. The second-order valence-corrected chi connectivity index (χ2v) is 4.81. The first-order valence-corrected chi connectivity index (χ1v) is 7.21. The minimum absolute atomic E-state index is 0.198. The fourth-order valence-electron chi connectivity index (χ4n) is 2.20. The summed E-state index contributed by atoms with van der Waals surface area (Å²) in [5.41, 5.74) is 0.264. The van der Waals surface area contributed by atoms with Gasteiger partial charge in [-0.15, -0.1) is 0 Å². The van der Waals surface area contributed by atoms with Crippen LogP contribution in [0.5, 0.6) is 0 Å². The quantitative estimate of drug-likeness (QED) is 0.551. The number of pyridine rings is 1. The fourth-order valence-corrected chi connectivity index (χ4v) is 2.20. The maximum absolute atomic E-state index is 12.6. The molecule has 0 spiro atoms. The molecule has 9 heteroatoms. The number of terminal acetylenes is 1. The standard InChI is InChI=1S/C16H13N7O2/c1-3-17-14-11(9-19-23(14)4-2)16(25)20-12-10-18-21-15(12)22-8-6-5-7-13(22)24/h2-3,5-10H,1H3,(H,18,21)(H,20,25). The number of aliphatic imine (C=N–C) groups is 1. The summed E-state index contributed by atoms with van der Waals surface area (Å²) in [6, 6.07) is 7.02. The molecule has 0 aliphatic carbocycles. The SMILES string of the molecule is C#Cn1ncc(C(=O)Nc2cn[nH]c2-n2ccccc2=O)c1N=CC. The van der Waals surface area contributed by atoms with Crippen molar-refractivity contribution in [1.29, 1.82) is 0 Å². The van der Waals surface area contributed by atoms with Crippen LogP contribution < -0.4 is 10.9 Å². The van der Waals surface area contributed by atoms with Crippen LogP contribution in [0.1, 0.15) is 17.3 Å². The van der Waals surface area contributed by atoms with Crippen LogP contribution in [0.25, 0.3) is 5.82 Å². The van der Waals surface area contributed by atoms with Crippen LogP contribution in [0.15, 0.2) is 46.6 Å². The fraction of sp³-hybridized carbons (Fsp3) is 0.0625. The zero-order valence-electron chi connectivity index (χ0n) is 13.2. The van der Waals surface area contributed by atoms with Gasteiger partial charge in [-0.05, 0) is 13.0 Å². The topological polar surface area (TPSA) is 110 Å². The molecule has 0 unspecified atom stereocenters. The van der Waals surface area contributed by atoms with Gasteiger partial charge in [-0.1, -0.05) is 12.5 Å². The Hall–Kier alpha value is -3.93. The molecule has 3 rings (SSSR count). The number of H-pyrrole nitrogens is 1. The minimum Gasteiger partial charge on any atom is -0.317 e. The molecule has 9 nitrogen and oxygen atoms in total. The van der Waals surface area contributed by atoms with E-state index in [1.807, 2.05) is 0 Å². The molecule has 3 aromatic heterocycles.